The van der Waals surface area contributed by atoms with E-state index >= 15 is 0 Å². The van der Waals surface area contributed by atoms with Gasteiger partial charge in [0.15, 0.2) is 0 Å². The molecule has 0 fully saturated rings. The van der Waals surface area contributed by atoms with Gasteiger partial charge in [0.2, 0.25) is 0 Å². The number of carbonyl (C=O) groups is 1. The molecule has 1 rings (SSSR count). The fourth-order valence-corrected chi connectivity index (χ4v) is 1.25. The van der Waals surface area contributed by atoms with Crippen LogP contribution in [0.4, 0.5) is 0 Å². The van der Waals surface area contributed by atoms with Gasteiger partial charge >= 0.3 is 29.6 Å². The molecular weight excluding hydrogens is 189 g/mol. The summed E-state index contributed by atoms with van der Waals surface area (Å²) in [6.45, 7) is 0. The second-order valence-corrected chi connectivity index (χ2v) is 2.68. The first kappa shape index (κ1) is 11.9. The van der Waals surface area contributed by atoms with Crippen LogP contribution in [-0.2, 0) is 11.2 Å². The number of thiazole rings is 1. The number of hydrogen-bond donors (Lipinski definition) is 0. The summed E-state index contributed by atoms with van der Waals surface area (Å²) >= 11 is 1.27. The number of nitrogens with zero attached hydrogens (tertiary/aromatic N) is 1. The molecule has 60 valence electrons. The molecule has 1 aromatic heterocycles. The molecule has 0 radical (unpaired) electrons. The van der Waals surface area contributed by atoms with E-state index < -0.39 is 5.97 Å². The first-order chi connectivity index (χ1) is 5.22. The molecule has 12 heavy (non-hydrogen) atoms. The van der Waals surface area contributed by atoms with Gasteiger partial charge in [-0.2, -0.15) is 0 Å². The van der Waals surface area contributed by atoms with Gasteiger partial charge < -0.3 is 14.6 Å². The fraction of sp³-hybridized carbons (Fsp3) is 0.333. The molecule has 0 aliphatic rings. The van der Waals surface area contributed by atoms with Gasteiger partial charge in [0.25, 0.3) is 5.19 Å². The summed E-state index contributed by atoms with van der Waals surface area (Å²) in [5.41, 5.74) is 0.479. The summed E-state index contributed by atoms with van der Waals surface area (Å²) in [7, 11) is 1.49. The Bertz CT molecular complexity index is 263. The summed E-state index contributed by atoms with van der Waals surface area (Å²) in [5, 5.41) is 12.2. The number of methoxy groups -OCH3 is 1. The number of ether oxygens (including phenoxy) is 1. The molecular formula is C6H6NNaO3S. The van der Waals surface area contributed by atoms with Crippen LogP contribution < -0.4 is 39.4 Å². The Hall–Kier alpha value is -0.1000. The molecule has 0 atom stereocenters. The van der Waals surface area contributed by atoms with Gasteiger partial charge in [-0.15, -0.1) is 0 Å². The molecule has 0 amide bonds. The largest absolute Gasteiger partial charge is 1.00 e. The van der Waals surface area contributed by atoms with E-state index in [2.05, 4.69) is 4.98 Å². The second kappa shape index (κ2) is 5.53. The Labute approximate surface area is 95.9 Å². The number of carboxylic acid groups (broad SMARTS) is 1. The number of hydrogen-bond acceptors (Lipinski definition) is 5. The third kappa shape index (κ3) is 3.53. The molecule has 0 unspecified atom stereocenters. The maximum atomic E-state index is 10.1. The third-order valence-corrected chi connectivity index (χ3v) is 1.88. The van der Waals surface area contributed by atoms with Crippen molar-refractivity contribution in [1.29, 1.82) is 0 Å². The van der Waals surface area contributed by atoms with Gasteiger partial charge in [0.1, 0.15) is 0 Å². The molecule has 0 aliphatic carbocycles. The van der Waals surface area contributed by atoms with Crippen molar-refractivity contribution in [2.24, 2.45) is 0 Å². The molecule has 6 heteroatoms. The van der Waals surface area contributed by atoms with Crippen LogP contribution in [0.5, 0.6) is 5.19 Å². The van der Waals surface area contributed by atoms with Crippen LogP contribution in [0.3, 0.4) is 0 Å². The van der Waals surface area contributed by atoms with Gasteiger partial charge in [-0.1, -0.05) is 11.3 Å². The van der Waals surface area contributed by atoms with Crippen LogP contribution in [0.25, 0.3) is 0 Å². The molecule has 0 spiro atoms. The normalized spacial score (nSPS) is 8.75. The van der Waals surface area contributed by atoms with Crippen LogP contribution in [-0.4, -0.2) is 18.1 Å². The van der Waals surface area contributed by atoms with Crippen molar-refractivity contribution in [2.45, 2.75) is 6.42 Å². The quantitative estimate of drug-likeness (QED) is 0.468. The monoisotopic (exact) mass is 195 g/mol. The van der Waals surface area contributed by atoms with Crippen molar-refractivity contribution in [2.75, 3.05) is 7.11 Å². The van der Waals surface area contributed by atoms with Gasteiger partial charge in [-0.05, 0) is 0 Å². The minimum absolute atomic E-state index is 0. The number of aromatic nitrogens is 1. The zero-order chi connectivity index (χ0) is 8.27. The van der Waals surface area contributed by atoms with E-state index in [1.807, 2.05) is 0 Å². The number of carbonyl (C=O) groups excluding carboxylic acids is 1. The molecule has 4 nitrogen and oxygen atoms in total. The molecule has 1 aromatic rings. The standard InChI is InChI=1S/C6H7NO3S.Na/c1-10-6-7-4(3-11-6)2-5(8)9;/h3H,2H2,1H3,(H,8,9);/q;+1/p-1. The van der Waals surface area contributed by atoms with Gasteiger partial charge in [-0.3, -0.25) is 0 Å². The maximum absolute atomic E-state index is 10.1. The number of carboxylic acids is 1. The van der Waals surface area contributed by atoms with Crippen molar-refractivity contribution in [3.8, 4) is 5.19 Å². The van der Waals surface area contributed by atoms with Crippen LogP contribution in [0.1, 0.15) is 5.69 Å². The van der Waals surface area contributed by atoms with Crippen molar-refractivity contribution in [3.63, 3.8) is 0 Å². The van der Waals surface area contributed by atoms with E-state index in [0.717, 1.165) is 0 Å². The van der Waals surface area contributed by atoms with Crippen molar-refractivity contribution in [1.82, 2.24) is 4.98 Å². The fourth-order valence-electron chi connectivity index (χ4n) is 0.611. The Morgan fingerprint density at radius 3 is 2.92 bits per heavy atom. The first-order valence-corrected chi connectivity index (χ1v) is 3.78. The van der Waals surface area contributed by atoms with E-state index in [1.54, 1.807) is 5.38 Å². The molecule has 0 N–H and O–H groups in total. The summed E-state index contributed by atoms with van der Waals surface area (Å²) in [4.78, 5) is 13.9. The van der Waals surface area contributed by atoms with Gasteiger partial charge in [0.05, 0.1) is 12.8 Å². The van der Waals surface area contributed by atoms with Crippen molar-refractivity contribution in [3.05, 3.63) is 11.1 Å². The van der Waals surface area contributed by atoms with E-state index in [4.69, 9.17) is 4.74 Å². The summed E-state index contributed by atoms with van der Waals surface area (Å²) < 4.78 is 4.77. The van der Waals surface area contributed by atoms with E-state index in [-0.39, 0.29) is 36.0 Å². The summed E-state index contributed by atoms with van der Waals surface area (Å²) in [6.07, 6.45) is -0.153. The zero-order valence-electron chi connectivity index (χ0n) is 6.86. The van der Waals surface area contributed by atoms with E-state index in [0.29, 0.717) is 10.9 Å². The first-order valence-electron chi connectivity index (χ1n) is 2.90. The molecule has 1 heterocycles. The van der Waals surface area contributed by atoms with Gasteiger partial charge in [-0.25, -0.2) is 4.98 Å². The Balaban J connectivity index is 0.00000121. The van der Waals surface area contributed by atoms with Crippen LogP contribution in [0.2, 0.25) is 0 Å². The van der Waals surface area contributed by atoms with Crippen molar-refractivity contribution >= 4 is 17.3 Å². The summed E-state index contributed by atoms with van der Waals surface area (Å²) in [5.74, 6) is -1.13. The summed E-state index contributed by atoms with van der Waals surface area (Å²) in [6, 6.07) is 0. The average molecular weight is 195 g/mol. The molecule has 0 saturated carbocycles. The minimum Gasteiger partial charge on any atom is -0.550 e. The Kier molecular flexibility index (Phi) is 5.48. The minimum atomic E-state index is -1.13. The molecule has 0 aromatic carbocycles. The SMILES string of the molecule is COc1nc(CC(=O)[O-])cs1.[Na+]. The second-order valence-electron chi connectivity index (χ2n) is 1.86. The van der Waals surface area contributed by atoms with Gasteiger partial charge in [0, 0.05) is 17.8 Å². The topological polar surface area (TPSA) is 62.2 Å². The average Bonchev–Trinajstić information content (AvgIpc) is 2.34. The Morgan fingerprint density at radius 2 is 2.50 bits per heavy atom. The third-order valence-electron chi connectivity index (χ3n) is 1.03. The van der Waals surface area contributed by atoms with Crippen molar-refractivity contribution < 1.29 is 44.2 Å². The molecule has 0 bridgehead atoms. The van der Waals surface area contributed by atoms with Crippen LogP contribution in [0, 0.1) is 0 Å². The predicted molar refractivity (Wildman–Crippen MR) is 37.4 cm³/mol. The number of aliphatic carboxylic acids is 1. The smallest absolute Gasteiger partial charge is 0.550 e. The van der Waals surface area contributed by atoms with Crippen LogP contribution in [0.15, 0.2) is 5.38 Å². The predicted octanol–water partition coefficient (Wildman–Crippen LogP) is -3.55. The van der Waals surface area contributed by atoms with E-state index in [1.165, 1.54) is 18.4 Å². The van der Waals surface area contributed by atoms with Crippen LogP contribution >= 0.6 is 11.3 Å². The van der Waals surface area contributed by atoms with E-state index in [9.17, 15) is 9.90 Å². The molecule has 0 aliphatic heterocycles. The molecule has 0 saturated heterocycles. The Morgan fingerprint density at radius 1 is 1.83 bits per heavy atom. The number of rotatable bonds is 3. The zero-order valence-corrected chi connectivity index (χ0v) is 9.68. The maximum Gasteiger partial charge on any atom is 1.00 e.